The molecule has 4 nitrogen and oxygen atoms in total. The Bertz CT molecular complexity index is 773. The number of para-hydroxylation sites is 2. The van der Waals surface area contributed by atoms with Crippen LogP contribution in [0.25, 0.3) is 0 Å². The Balaban J connectivity index is 3.42. The number of esters is 1. The predicted molar refractivity (Wildman–Crippen MR) is 81.3 cm³/mol. The van der Waals surface area contributed by atoms with E-state index >= 15 is 0 Å². The van der Waals surface area contributed by atoms with Crippen molar-refractivity contribution in [3.63, 3.8) is 0 Å². The van der Waals surface area contributed by atoms with Crippen molar-refractivity contribution in [2.45, 2.75) is 44.0 Å². The van der Waals surface area contributed by atoms with Gasteiger partial charge in [0.15, 0.2) is 5.75 Å². The van der Waals surface area contributed by atoms with Gasteiger partial charge in [0, 0.05) is 6.54 Å². The van der Waals surface area contributed by atoms with E-state index in [1.54, 1.807) is 0 Å². The number of hydrogen-bond acceptors (Lipinski definition) is 3. The van der Waals surface area contributed by atoms with Crippen LogP contribution in [0, 0.1) is 0 Å². The lowest BCUT2D eigenvalue weighted by Gasteiger charge is -2.29. The highest BCUT2D eigenvalue weighted by atomic mass is 19.4. The van der Waals surface area contributed by atoms with Crippen LogP contribution in [0.15, 0.2) is 24.3 Å². The van der Waals surface area contributed by atoms with Crippen LogP contribution < -0.4 is 9.64 Å². The number of benzene rings is 1. The fourth-order valence-corrected chi connectivity index (χ4v) is 1.98. The standard InChI is InChI=1S/C16H13F10NO3/c1-2-3-8-27(11(28)13(17,18)15(21,22)23)9-6-4-5-7-10(9)30-12(29)14(19,20)16(24,25)26/h4-7H,2-3,8H2,1H3. The Kier molecular flexibility index (Phi) is 7.37. The van der Waals surface area contributed by atoms with Gasteiger partial charge in [0.25, 0.3) is 0 Å². The molecule has 1 aromatic carbocycles. The van der Waals surface area contributed by atoms with Crippen molar-refractivity contribution in [1.29, 1.82) is 0 Å². The second-order valence-electron chi connectivity index (χ2n) is 5.81. The van der Waals surface area contributed by atoms with Gasteiger partial charge >= 0.3 is 36.1 Å². The Morgan fingerprint density at radius 3 is 1.83 bits per heavy atom. The number of alkyl halides is 10. The summed E-state index contributed by atoms with van der Waals surface area (Å²) in [6, 6.07) is 3.06. The number of carbonyl (C=O) groups excluding carboxylic acids is 2. The molecule has 0 radical (unpaired) electrons. The normalized spacial score (nSPS) is 13.2. The van der Waals surface area contributed by atoms with Gasteiger partial charge in [-0.1, -0.05) is 25.5 Å². The van der Waals surface area contributed by atoms with Crippen LogP contribution in [0.3, 0.4) is 0 Å². The maximum absolute atomic E-state index is 13.5. The Morgan fingerprint density at radius 1 is 0.867 bits per heavy atom. The van der Waals surface area contributed by atoms with Gasteiger partial charge < -0.3 is 9.64 Å². The van der Waals surface area contributed by atoms with Gasteiger partial charge in [-0.05, 0) is 18.6 Å². The van der Waals surface area contributed by atoms with Gasteiger partial charge in [-0.15, -0.1) is 0 Å². The maximum atomic E-state index is 13.5. The van der Waals surface area contributed by atoms with E-state index < -0.39 is 54.1 Å². The molecule has 14 heteroatoms. The van der Waals surface area contributed by atoms with Gasteiger partial charge in [0.05, 0.1) is 5.69 Å². The molecule has 1 amide bonds. The molecule has 170 valence electrons. The lowest BCUT2D eigenvalue weighted by atomic mass is 10.2. The third kappa shape index (κ3) is 5.14. The zero-order valence-corrected chi connectivity index (χ0v) is 14.9. The highest BCUT2D eigenvalue weighted by Gasteiger charge is 2.66. The lowest BCUT2D eigenvalue weighted by Crippen LogP contribution is -2.52. The van der Waals surface area contributed by atoms with Gasteiger partial charge in [0.2, 0.25) is 0 Å². The molecule has 0 aliphatic heterocycles. The van der Waals surface area contributed by atoms with E-state index in [2.05, 4.69) is 4.74 Å². The molecule has 1 rings (SSSR count). The fourth-order valence-electron chi connectivity index (χ4n) is 1.98. The second-order valence-corrected chi connectivity index (χ2v) is 5.81. The Labute approximate surface area is 162 Å². The van der Waals surface area contributed by atoms with Crippen molar-refractivity contribution in [2.75, 3.05) is 11.4 Å². The summed E-state index contributed by atoms with van der Waals surface area (Å²) in [4.78, 5) is 23.0. The Morgan fingerprint density at radius 2 is 1.37 bits per heavy atom. The quantitative estimate of drug-likeness (QED) is 0.325. The Hall–Kier alpha value is -2.54. The SMILES string of the molecule is CCCCN(C(=O)C(F)(F)C(F)(F)F)c1ccccc1OC(=O)C(F)(F)C(F)(F)F. The third-order valence-corrected chi connectivity index (χ3v) is 3.58. The number of hydrogen-bond donors (Lipinski definition) is 0. The molecular weight excluding hydrogens is 444 g/mol. The number of anilines is 1. The molecule has 0 bridgehead atoms. The van der Waals surface area contributed by atoms with Crippen LogP contribution in [-0.4, -0.2) is 42.6 Å². The molecule has 0 spiro atoms. The molecule has 0 aliphatic carbocycles. The molecule has 0 aromatic heterocycles. The van der Waals surface area contributed by atoms with E-state index in [0.29, 0.717) is 12.1 Å². The van der Waals surface area contributed by atoms with Gasteiger partial charge in [0.1, 0.15) is 0 Å². The summed E-state index contributed by atoms with van der Waals surface area (Å²) in [6.45, 7) is 0.672. The summed E-state index contributed by atoms with van der Waals surface area (Å²) in [5.74, 6) is -19.1. The molecule has 1 aromatic rings. The van der Waals surface area contributed by atoms with Crippen LogP contribution in [0.5, 0.6) is 5.75 Å². The summed E-state index contributed by atoms with van der Waals surface area (Å²) in [6.07, 6.45) is -12.7. The van der Waals surface area contributed by atoms with E-state index in [0.717, 1.165) is 12.1 Å². The molecule has 0 N–H and O–H groups in total. The number of ether oxygens (including phenoxy) is 1. The van der Waals surface area contributed by atoms with E-state index in [1.807, 2.05) is 0 Å². The molecule has 0 saturated heterocycles. The first-order valence-corrected chi connectivity index (χ1v) is 8.00. The van der Waals surface area contributed by atoms with Crippen molar-refractivity contribution in [1.82, 2.24) is 0 Å². The highest BCUT2D eigenvalue weighted by molar-refractivity contribution is 6.00. The van der Waals surface area contributed by atoms with E-state index in [-0.39, 0.29) is 17.7 Å². The van der Waals surface area contributed by atoms with Crippen molar-refractivity contribution in [3.8, 4) is 5.75 Å². The number of nitrogens with zero attached hydrogens (tertiary/aromatic N) is 1. The monoisotopic (exact) mass is 457 g/mol. The topological polar surface area (TPSA) is 46.6 Å². The first-order chi connectivity index (χ1) is 13.5. The number of rotatable bonds is 7. The first-order valence-electron chi connectivity index (χ1n) is 8.00. The molecule has 0 heterocycles. The zero-order valence-electron chi connectivity index (χ0n) is 14.9. The summed E-state index contributed by atoms with van der Waals surface area (Å²) in [5.41, 5.74) is -1.02. The van der Waals surface area contributed by atoms with E-state index in [4.69, 9.17) is 0 Å². The largest absolute Gasteiger partial charge is 0.465 e. The number of amides is 1. The summed E-state index contributed by atoms with van der Waals surface area (Å²) >= 11 is 0. The molecule has 0 unspecified atom stereocenters. The number of halogens is 10. The van der Waals surface area contributed by atoms with Gasteiger partial charge in [-0.2, -0.15) is 43.9 Å². The van der Waals surface area contributed by atoms with E-state index in [9.17, 15) is 53.5 Å². The third-order valence-electron chi connectivity index (χ3n) is 3.58. The number of unbranched alkanes of at least 4 members (excludes halogenated alkanes) is 1. The zero-order chi connectivity index (χ0) is 23.5. The van der Waals surface area contributed by atoms with Crippen molar-refractivity contribution >= 4 is 17.6 Å². The van der Waals surface area contributed by atoms with Gasteiger partial charge in [-0.25, -0.2) is 4.79 Å². The van der Waals surface area contributed by atoms with E-state index in [1.165, 1.54) is 6.92 Å². The van der Waals surface area contributed by atoms with Crippen molar-refractivity contribution in [2.24, 2.45) is 0 Å². The summed E-state index contributed by atoms with van der Waals surface area (Å²) in [7, 11) is 0. The summed E-state index contributed by atoms with van der Waals surface area (Å²) in [5, 5.41) is 0. The predicted octanol–water partition coefficient (Wildman–Crippen LogP) is 5.12. The minimum atomic E-state index is -6.36. The first kappa shape index (κ1) is 25.5. The maximum Gasteiger partial charge on any atom is 0.465 e. The van der Waals surface area contributed by atoms with Crippen LogP contribution >= 0.6 is 0 Å². The average Bonchev–Trinajstić information content (AvgIpc) is 2.60. The molecule has 0 saturated carbocycles. The number of carbonyl (C=O) groups is 2. The van der Waals surface area contributed by atoms with Gasteiger partial charge in [-0.3, -0.25) is 4.79 Å². The summed E-state index contributed by atoms with van der Waals surface area (Å²) < 4.78 is 132. The molecule has 0 aliphatic rings. The van der Waals surface area contributed by atoms with Crippen LogP contribution in [-0.2, 0) is 9.59 Å². The fraction of sp³-hybridized carbons (Fsp3) is 0.500. The molecule has 30 heavy (non-hydrogen) atoms. The lowest BCUT2D eigenvalue weighted by molar-refractivity contribution is -0.276. The van der Waals surface area contributed by atoms with Crippen molar-refractivity contribution in [3.05, 3.63) is 24.3 Å². The van der Waals surface area contributed by atoms with Crippen LogP contribution in [0.4, 0.5) is 49.6 Å². The molecular formula is C16H13F10NO3. The van der Waals surface area contributed by atoms with Crippen LogP contribution in [0.1, 0.15) is 19.8 Å². The van der Waals surface area contributed by atoms with Crippen LogP contribution in [0.2, 0.25) is 0 Å². The molecule has 0 fully saturated rings. The smallest absolute Gasteiger partial charge is 0.420 e. The minimum Gasteiger partial charge on any atom is -0.420 e. The minimum absolute atomic E-state index is 0.152. The average molecular weight is 457 g/mol. The second kappa shape index (κ2) is 8.68. The molecule has 0 atom stereocenters. The highest BCUT2D eigenvalue weighted by Crippen LogP contribution is 2.41. The van der Waals surface area contributed by atoms with Crippen molar-refractivity contribution < 1.29 is 58.2 Å².